The zero-order chi connectivity index (χ0) is 12.5. The average molecular weight is 263 g/mol. The molecular formula is C7H3ClN2O5S. The molecule has 0 unspecified atom stereocenters. The summed E-state index contributed by atoms with van der Waals surface area (Å²) in [6.07, 6.45) is 0. The standard InChI is InChI=1S/C7H3ClN2O5S/c8-16(14,15)4-1-6(10(12)13)5(3-9)7(11)2-4/h1-2,11H. The summed E-state index contributed by atoms with van der Waals surface area (Å²) in [6, 6.07) is 2.68. The van der Waals surface area contributed by atoms with Gasteiger partial charge in [0.25, 0.3) is 14.7 Å². The summed E-state index contributed by atoms with van der Waals surface area (Å²) in [5.74, 6) is -0.809. The normalized spacial score (nSPS) is 10.8. The Balaban J connectivity index is 3.67. The van der Waals surface area contributed by atoms with Gasteiger partial charge in [0.15, 0.2) is 5.56 Å². The highest BCUT2D eigenvalue weighted by Crippen LogP contribution is 2.31. The van der Waals surface area contributed by atoms with Crippen LogP contribution in [-0.2, 0) is 9.05 Å². The zero-order valence-corrected chi connectivity index (χ0v) is 8.99. The molecule has 7 nitrogen and oxygen atoms in total. The summed E-state index contributed by atoms with van der Waals surface area (Å²) in [5.41, 5.74) is -1.43. The van der Waals surface area contributed by atoms with Crippen LogP contribution in [0.3, 0.4) is 0 Å². The predicted molar refractivity (Wildman–Crippen MR) is 52.5 cm³/mol. The van der Waals surface area contributed by atoms with Crippen LogP contribution < -0.4 is 0 Å². The van der Waals surface area contributed by atoms with Crippen LogP contribution in [0.2, 0.25) is 0 Å². The van der Waals surface area contributed by atoms with E-state index in [1.165, 1.54) is 6.07 Å². The van der Waals surface area contributed by atoms with Crippen LogP contribution in [-0.4, -0.2) is 18.4 Å². The third-order valence-corrected chi connectivity index (χ3v) is 2.99. The summed E-state index contributed by atoms with van der Waals surface area (Å²) < 4.78 is 21.8. The number of benzene rings is 1. The summed E-state index contributed by atoms with van der Waals surface area (Å²) in [5, 5.41) is 28.3. The van der Waals surface area contributed by atoms with E-state index in [1.54, 1.807) is 0 Å². The molecule has 84 valence electrons. The smallest absolute Gasteiger partial charge is 0.292 e. The molecule has 0 saturated carbocycles. The van der Waals surface area contributed by atoms with Crippen molar-refractivity contribution in [3.8, 4) is 11.8 Å². The van der Waals surface area contributed by atoms with Gasteiger partial charge in [-0.05, 0) is 0 Å². The molecule has 0 radical (unpaired) electrons. The van der Waals surface area contributed by atoms with Crippen molar-refractivity contribution in [1.29, 1.82) is 5.26 Å². The maximum absolute atomic E-state index is 10.9. The van der Waals surface area contributed by atoms with Gasteiger partial charge in [-0.3, -0.25) is 10.1 Å². The topological polar surface area (TPSA) is 121 Å². The third kappa shape index (κ3) is 2.21. The Kier molecular flexibility index (Phi) is 3.02. The van der Waals surface area contributed by atoms with Crippen LogP contribution >= 0.6 is 10.7 Å². The van der Waals surface area contributed by atoms with E-state index in [-0.39, 0.29) is 0 Å². The fraction of sp³-hybridized carbons (Fsp3) is 0. The second-order valence-corrected chi connectivity index (χ2v) is 5.21. The first-order valence-electron chi connectivity index (χ1n) is 3.63. The van der Waals surface area contributed by atoms with Crippen LogP contribution in [0.5, 0.6) is 5.75 Å². The molecule has 16 heavy (non-hydrogen) atoms. The molecule has 0 spiro atoms. The molecule has 0 bridgehead atoms. The van der Waals surface area contributed by atoms with E-state index in [2.05, 4.69) is 0 Å². The molecule has 0 aliphatic carbocycles. The molecule has 0 aliphatic rings. The Morgan fingerprint density at radius 2 is 2.06 bits per heavy atom. The highest BCUT2D eigenvalue weighted by molar-refractivity contribution is 8.13. The van der Waals surface area contributed by atoms with Gasteiger partial charge >= 0.3 is 0 Å². The van der Waals surface area contributed by atoms with Crippen molar-refractivity contribution in [3.63, 3.8) is 0 Å². The number of hydrogen-bond acceptors (Lipinski definition) is 6. The minimum atomic E-state index is -4.21. The van der Waals surface area contributed by atoms with Gasteiger partial charge in [0.2, 0.25) is 0 Å². The molecule has 1 aromatic rings. The Morgan fingerprint density at radius 1 is 1.50 bits per heavy atom. The van der Waals surface area contributed by atoms with Crippen molar-refractivity contribution < 1.29 is 18.4 Å². The number of aromatic hydroxyl groups is 1. The van der Waals surface area contributed by atoms with E-state index in [0.717, 1.165) is 0 Å². The number of nitro benzene ring substituents is 1. The summed E-state index contributed by atoms with van der Waals surface area (Å²) in [6.45, 7) is 0. The first-order valence-corrected chi connectivity index (χ1v) is 5.94. The van der Waals surface area contributed by atoms with Crippen molar-refractivity contribution in [2.75, 3.05) is 0 Å². The van der Waals surface area contributed by atoms with Crippen LogP contribution in [0.15, 0.2) is 17.0 Å². The lowest BCUT2D eigenvalue weighted by molar-refractivity contribution is -0.385. The summed E-state index contributed by atoms with van der Waals surface area (Å²) in [4.78, 5) is 8.89. The molecule has 9 heteroatoms. The Labute approximate surface area is 94.1 Å². The van der Waals surface area contributed by atoms with Gasteiger partial charge in [-0.15, -0.1) is 0 Å². The Morgan fingerprint density at radius 3 is 2.44 bits per heavy atom. The lowest BCUT2D eigenvalue weighted by Crippen LogP contribution is -1.97. The van der Waals surface area contributed by atoms with E-state index < -0.39 is 35.9 Å². The van der Waals surface area contributed by atoms with E-state index >= 15 is 0 Å². The first-order chi connectivity index (χ1) is 7.27. The number of nitriles is 1. The molecule has 1 N–H and O–H groups in total. The van der Waals surface area contributed by atoms with Gasteiger partial charge in [-0.2, -0.15) is 5.26 Å². The predicted octanol–water partition coefficient (Wildman–Crippen LogP) is 1.10. The summed E-state index contributed by atoms with van der Waals surface area (Å²) in [7, 11) is 0.750. The largest absolute Gasteiger partial charge is 0.506 e. The van der Waals surface area contributed by atoms with Crippen molar-refractivity contribution in [2.45, 2.75) is 4.90 Å². The fourth-order valence-electron chi connectivity index (χ4n) is 0.986. The lowest BCUT2D eigenvalue weighted by atomic mass is 10.2. The number of hydrogen-bond donors (Lipinski definition) is 1. The molecule has 0 aromatic heterocycles. The maximum Gasteiger partial charge on any atom is 0.292 e. The SMILES string of the molecule is N#Cc1c(O)cc(S(=O)(=O)Cl)cc1[N+](=O)[O-]. The number of halogens is 1. The Bertz CT molecular complexity index is 604. The minimum Gasteiger partial charge on any atom is -0.506 e. The number of phenolic OH excluding ortho intramolecular Hbond substituents is 1. The van der Waals surface area contributed by atoms with Gasteiger partial charge in [-0.25, -0.2) is 8.42 Å². The molecule has 0 aliphatic heterocycles. The maximum atomic E-state index is 10.9. The molecule has 0 fully saturated rings. The molecule has 0 amide bonds. The van der Waals surface area contributed by atoms with Crippen LogP contribution in [0.4, 0.5) is 5.69 Å². The van der Waals surface area contributed by atoms with Crippen molar-refractivity contribution in [2.24, 2.45) is 0 Å². The van der Waals surface area contributed by atoms with Crippen LogP contribution in [0, 0.1) is 21.4 Å². The van der Waals surface area contributed by atoms with Crippen LogP contribution in [0.25, 0.3) is 0 Å². The van der Waals surface area contributed by atoms with E-state index in [9.17, 15) is 23.6 Å². The molecule has 0 heterocycles. The molecule has 1 aromatic carbocycles. The van der Waals surface area contributed by atoms with E-state index in [4.69, 9.17) is 15.9 Å². The monoisotopic (exact) mass is 262 g/mol. The number of nitrogens with zero attached hydrogens (tertiary/aromatic N) is 2. The van der Waals surface area contributed by atoms with E-state index in [1.807, 2.05) is 0 Å². The van der Waals surface area contributed by atoms with Crippen molar-refractivity contribution >= 4 is 25.4 Å². The zero-order valence-electron chi connectivity index (χ0n) is 7.42. The van der Waals surface area contributed by atoms with Gasteiger partial charge < -0.3 is 5.11 Å². The fourth-order valence-corrected chi connectivity index (χ4v) is 1.76. The second kappa shape index (κ2) is 3.96. The second-order valence-electron chi connectivity index (χ2n) is 2.64. The van der Waals surface area contributed by atoms with E-state index in [0.29, 0.717) is 12.1 Å². The van der Waals surface area contributed by atoms with Gasteiger partial charge in [-0.1, -0.05) is 0 Å². The molecule has 1 rings (SSSR count). The van der Waals surface area contributed by atoms with Gasteiger partial charge in [0.1, 0.15) is 11.8 Å². The number of phenols is 1. The molecular weight excluding hydrogens is 260 g/mol. The molecule has 0 saturated heterocycles. The number of nitro groups is 1. The minimum absolute atomic E-state index is 0.612. The van der Waals surface area contributed by atoms with Gasteiger partial charge in [0, 0.05) is 22.8 Å². The average Bonchev–Trinajstić information content (AvgIpc) is 2.14. The quantitative estimate of drug-likeness (QED) is 0.484. The third-order valence-electron chi connectivity index (χ3n) is 1.66. The highest BCUT2D eigenvalue weighted by atomic mass is 35.7. The van der Waals surface area contributed by atoms with Gasteiger partial charge in [0.05, 0.1) is 9.82 Å². The number of rotatable bonds is 2. The van der Waals surface area contributed by atoms with Crippen molar-refractivity contribution in [3.05, 3.63) is 27.8 Å². The Hall–Kier alpha value is -1.85. The van der Waals surface area contributed by atoms with Crippen LogP contribution in [0.1, 0.15) is 5.56 Å². The summed E-state index contributed by atoms with van der Waals surface area (Å²) >= 11 is 0. The molecule has 0 atom stereocenters. The van der Waals surface area contributed by atoms with Crippen molar-refractivity contribution in [1.82, 2.24) is 0 Å². The first kappa shape index (κ1) is 12.2. The lowest BCUT2D eigenvalue weighted by Gasteiger charge is -2.01. The highest BCUT2D eigenvalue weighted by Gasteiger charge is 2.23.